The summed E-state index contributed by atoms with van der Waals surface area (Å²) in [5.41, 5.74) is 3.27. The SMILES string of the molecule is COc1ccccc1/C=N\NC(=O)CNC(=O)c1ccc(F)cc1. The molecule has 0 saturated carbocycles. The fraction of sp³-hybridized carbons (Fsp3) is 0.118. The Bertz CT molecular complexity index is 745. The van der Waals surface area contributed by atoms with E-state index < -0.39 is 17.6 Å². The maximum Gasteiger partial charge on any atom is 0.259 e. The van der Waals surface area contributed by atoms with Crippen molar-refractivity contribution in [2.45, 2.75) is 0 Å². The Morgan fingerprint density at radius 2 is 1.88 bits per heavy atom. The normalized spacial score (nSPS) is 10.4. The lowest BCUT2D eigenvalue weighted by atomic mass is 10.2. The number of amides is 2. The molecule has 0 unspecified atom stereocenters. The molecule has 124 valence electrons. The summed E-state index contributed by atoms with van der Waals surface area (Å²) in [6.45, 7) is -0.251. The van der Waals surface area contributed by atoms with Crippen molar-refractivity contribution < 1.29 is 18.7 Å². The third kappa shape index (κ3) is 4.91. The van der Waals surface area contributed by atoms with Gasteiger partial charge in [-0.2, -0.15) is 5.10 Å². The first kappa shape index (κ1) is 17.1. The number of nitrogens with zero attached hydrogens (tertiary/aromatic N) is 1. The van der Waals surface area contributed by atoms with Crippen LogP contribution in [-0.2, 0) is 4.79 Å². The number of ether oxygens (including phenoxy) is 1. The molecule has 24 heavy (non-hydrogen) atoms. The zero-order valence-electron chi connectivity index (χ0n) is 13.0. The Morgan fingerprint density at radius 3 is 2.58 bits per heavy atom. The van der Waals surface area contributed by atoms with Gasteiger partial charge in [0.1, 0.15) is 11.6 Å². The Kier molecular flexibility index (Phi) is 6.01. The number of nitrogens with one attached hydrogen (secondary N) is 2. The lowest BCUT2D eigenvalue weighted by molar-refractivity contribution is -0.120. The highest BCUT2D eigenvalue weighted by atomic mass is 19.1. The van der Waals surface area contributed by atoms with E-state index in [0.717, 1.165) is 0 Å². The van der Waals surface area contributed by atoms with Crippen LogP contribution in [0.2, 0.25) is 0 Å². The van der Waals surface area contributed by atoms with Gasteiger partial charge in [0.2, 0.25) is 0 Å². The van der Waals surface area contributed by atoms with Crippen LogP contribution in [0.4, 0.5) is 4.39 Å². The van der Waals surface area contributed by atoms with Crippen molar-refractivity contribution in [1.29, 1.82) is 0 Å². The molecule has 0 aromatic heterocycles. The molecule has 0 bridgehead atoms. The molecule has 0 fully saturated rings. The summed E-state index contributed by atoms with van der Waals surface area (Å²) in [6, 6.07) is 12.2. The Hall–Kier alpha value is -3.22. The molecular weight excluding hydrogens is 313 g/mol. The molecule has 0 saturated heterocycles. The van der Waals surface area contributed by atoms with Crippen LogP contribution in [0.15, 0.2) is 53.6 Å². The molecule has 2 rings (SSSR count). The van der Waals surface area contributed by atoms with Crippen molar-refractivity contribution in [3.05, 3.63) is 65.5 Å². The van der Waals surface area contributed by atoms with Crippen molar-refractivity contribution in [3.8, 4) is 5.75 Å². The Morgan fingerprint density at radius 1 is 1.17 bits per heavy atom. The molecule has 2 amide bonds. The van der Waals surface area contributed by atoms with Crippen LogP contribution in [-0.4, -0.2) is 31.7 Å². The highest BCUT2D eigenvalue weighted by molar-refractivity contribution is 5.96. The number of para-hydroxylation sites is 1. The second-order valence-corrected chi connectivity index (χ2v) is 4.72. The summed E-state index contributed by atoms with van der Waals surface area (Å²) in [5, 5.41) is 6.22. The van der Waals surface area contributed by atoms with E-state index >= 15 is 0 Å². The fourth-order valence-corrected chi connectivity index (χ4v) is 1.85. The van der Waals surface area contributed by atoms with Gasteiger partial charge in [0.15, 0.2) is 0 Å². The van der Waals surface area contributed by atoms with E-state index in [4.69, 9.17) is 4.74 Å². The van der Waals surface area contributed by atoms with Crippen LogP contribution in [0.25, 0.3) is 0 Å². The van der Waals surface area contributed by atoms with E-state index in [-0.39, 0.29) is 12.1 Å². The van der Waals surface area contributed by atoms with Gasteiger partial charge in [-0.25, -0.2) is 9.82 Å². The molecule has 0 aliphatic heterocycles. The summed E-state index contributed by atoms with van der Waals surface area (Å²) in [7, 11) is 1.54. The maximum atomic E-state index is 12.8. The molecule has 2 aromatic carbocycles. The first-order chi connectivity index (χ1) is 11.6. The molecule has 0 spiro atoms. The lowest BCUT2D eigenvalue weighted by Crippen LogP contribution is -2.34. The fourth-order valence-electron chi connectivity index (χ4n) is 1.85. The lowest BCUT2D eigenvalue weighted by Gasteiger charge is -2.05. The minimum Gasteiger partial charge on any atom is -0.496 e. The van der Waals surface area contributed by atoms with Crippen molar-refractivity contribution in [2.24, 2.45) is 5.10 Å². The van der Waals surface area contributed by atoms with E-state index in [0.29, 0.717) is 11.3 Å². The number of hydrazone groups is 1. The van der Waals surface area contributed by atoms with Crippen LogP contribution in [0, 0.1) is 5.82 Å². The van der Waals surface area contributed by atoms with Crippen molar-refractivity contribution >= 4 is 18.0 Å². The van der Waals surface area contributed by atoms with Gasteiger partial charge in [-0.1, -0.05) is 12.1 Å². The maximum absolute atomic E-state index is 12.8. The zero-order chi connectivity index (χ0) is 17.4. The van der Waals surface area contributed by atoms with Crippen LogP contribution < -0.4 is 15.5 Å². The smallest absolute Gasteiger partial charge is 0.259 e. The molecule has 0 aliphatic carbocycles. The third-order valence-corrected chi connectivity index (χ3v) is 3.05. The van der Waals surface area contributed by atoms with Crippen molar-refractivity contribution in [3.63, 3.8) is 0 Å². The van der Waals surface area contributed by atoms with Crippen LogP contribution in [0.5, 0.6) is 5.75 Å². The largest absolute Gasteiger partial charge is 0.496 e. The molecule has 0 aliphatic rings. The van der Waals surface area contributed by atoms with E-state index in [1.165, 1.54) is 37.6 Å². The van der Waals surface area contributed by atoms with Gasteiger partial charge in [-0.15, -0.1) is 0 Å². The van der Waals surface area contributed by atoms with Crippen molar-refractivity contribution in [2.75, 3.05) is 13.7 Å². The molecule has 2 N–H and O–H groups in total. The molecule has 7 heteroatoms. The summed E-state index contributed by atoms with van der Waals surface area (Å²) < 4.78 is 17.9. The predicted molar refractivity (Wildman–Crippen MR) is 87.5 cm³/mol. The Balaban J connectivity index is 1.82. The number of hydrogen-bond acceptors (Lipinski definition) is 4. The number of carbonyl (C=O) groups is 2. The number of benzene rings is 2. The topological polar surface area (TPSA) is 79.8 Å². The summed E-state index contributed by atoms with van der Waals surface area (Å²) in [4.78, 5) is 23.4. The van der Waals surface area contributed by atoms with Crippen LogP contribution in [0.3, 0.4) is 0 Å². The first-order valence-electron chi connectivity index (χ1n) is 7.09. The third-order valence-electron chi connectivity index (χ3n) is 3.05. The molecular formula is C17H16FN3O3. The molecule has 2 aromatic rings. The monoisotopic (exact) mass is 329 g/mol. The van der Waals surface area contributed by atoms with Gasteiger partial charge in [0.05, 0.1) is 19.9 Å². The molecule has 0 radical (unpaired) electrons. The van der Waals surface area contributed by atoms with Gasteiger partial charge in [0, 0.05) is 11.1 Å². The van der Waals surface area contributed by atoms with Gasteiger partial charge in [-0.3, -0.25) is 9.59 Å². The van der Waals surface area contributed by atoms with E-state index in [2.05, 4.69) is 15.8 Å². The van der Waals surface area contributed by atoms with Crippen LogP contribution >= 0.6 is 0 Å². The minimum absolute atomic E-state index is 0.251. The van der Waals surface area contributed by atoms with Gasteiger partial charge >= 0.3 is 0 Å². The molecule has 0 atom stereocenters. The Labute approximate surface area is 138 Å². The second-order valence-electron chi connectivity index (χ2n) is 4.72. The van der Waals surface area contributed by atoms with Gasteiger partial charge < -0.3 is 10.1 Å². The van der Waals surface area contributed by atoms with E-state index in [1.54, 1.807) is 12.1 Å². The van der Waals surface area contributed by atoms with E-state index in [1.807, 2.05) is 12.1 Å². The highest BCUT2D eigenvalue weighted by Crippen LogP contribution is 2.14. The molecule has 0 heterocycles. The number of rotatable bonds is 6. The van der Waals surface area contributed by atoms with Crippen molar-refractivity contribution in [1.82, 2.24) is 10.7 Å². The summed E-state index contributed by atoms with van der Waals surface area (Å²) in [6.07, 6.45) is 1.44. The quantitative estimate of drug-likeness (QED) is 0.625. The molecule has 6 nitrogen and oxygen atoms in total. The van der Waals surface area contributed by atoms with Gasteiger partial charge in [-0.05, 0) is 36.4 Å². The number of hydrogen-bond donors (Lipinski definition) is 2. The standard InChI is InChI=1S/C17H16FN3O3/c1-24-15-5-3-2-4-13(15)10-20-21-16(22)11-19-17(23)12-6-8-14(18)9-7-12/h2-10H,11H2,1H3,(H,19,23)(H,21,22)/b20-10-. The minimum atomic E-state index is -0.489. The van der Waals surface area contributed by atoms with E-state index in [9.17, 15) is 14.0 Å². The first-order valence-corrected chi connectivity index (χ1v) is 7.09. The average molecular weight is 329 g/mol. The predicted octanol–water partition coefficient (Wildman–Crippen LogP) is 1.71. The zero-order valence-corrected chi connectivity index (χ0v) is 13.0. The number of halogens is 1. The number of methoxy groups -OCH3 is 1. The summed E-state index contributed by atoms with van der Waals surface area (Å²) in [5.74, 6) is -0.773. The highest BCUT2D eigenvalue weighted by Gasteiger charge is 2.07. The summed E-state index contributed by atoms with van der Waals surface area (Å²) >= 11 is 0. The van der Waals surface area contributed by atoms with Gasteiger partial charge in [0.25, 0.3) is 11.8 Å². The van der Waals surface area contributed by atoms with Crippen LogP contribution in [0.1, 0.15) is 15.9 Å². The number of carbonyl (C=O) groups excluding carboxylic acids is 2. The second kappa shape index (κ2) is 8.42. The average Bonchev–Trinajstić information content (AvgIpc) is 2.60.